The maximum absolute atomic E-state index is 13.1. The first-order chi connectivity index (χ1) is 16.1. The zero-order chi connectivity index (χ0) is 24.9. The van der Waals surface area contributed by atoms with E-state index in [4.69, 9.17) is 16.3 Å². The Labute approximate surface area is 203 Å². The van der Waals surface area contributed by atoms with Gasteiger partial charge in [0.25, 0.3) is 0 Å². The molecule has 7 nitrogen and oxygen atoms in total. The topological polar surface area (TPSA) is 83.2 Å². The number of aryl methyl sites for hydroxylation is 1. The second-order valence-corrected chi connectivity index (χ2v) is 9.11. The predicted molar refractivity (Wildman–Crippen MR) is 133 cm³/mol. The number of Topliss-reactive ketones (excluding diaryl/α,β-unsaturated/α-hetero) is 1. The molecule has 0 atom stereocenters. The molecule has 34 heavy (non-hydrogen) atoms. The van der Waals surface area contributed by atoms with E-state index in [0.717, 1.165) is 21.9 Å². The highest BCUT2D eigenvalue weighted by molar-refractivity contribution is 6.30. The highest BCUT2D eigenvalue weighted by Crippen LogP contribution is 2.28. The van der Waals surface area contributed by atoms with Gasteiger partial charge in [0.2, 0.25) is 0 Å². The van der Waals surface area contributed by atoms with Crippen LogP contribution in [0.15, 0.2) is 59.4 Å². The third kappa shape index (κ3) is 6.11. The fourth-order valence-corrected chi connectivity index (χ4v) is 3.79. The Balaban J connectivity index is 1.91. The van der Waals surface area contributed by atoms with Gasteiger partial charge in [-0.1, -0.05) is 55.3 Å². The Bertz CT molecular complexity index is 1270. The fourth-order valence-electron chi connectivity index (χ4n) is 3.66. The van der Waals surface area contributed by atoms with Gasteiger partial charge in [-0.25, -0.2) is 18.8 Å². The van der Waals surface area contributed by atoms with Crippen molar-refractivity contribution in [1.82, 2.24) is 14.3 Å². The van der Waals surface area contributed by atoms with Crippen LogP contribution in [0.5, 0.6) is 0 Å². The number of benzene rings is 2. The van der Waals surface area contributed by atoms with E-state index >= 15 is 0 Å². The molecule has 0 fully saturated rings. The number of ether oxygens (including phenoxy) is 1. The summed E-state index contributed by atoms with van der Waals surface area (Å²) in [6, 6.07) is 14.8. The molecular weight excluding hydrogens is 454 g/mol. The number of nitrogens with zero attached hydrogens (tertiary/aromatic N) is 3. The van der Waals surface area contributed by atoms with E-state index < -0.39 is 17.1 Å². The van der Waals surface area contributed by atoms with Gasteiger partial charge in [0.05, 0.1) is 6.61 Å². The van der Waals surface area contributed by atoms with Gasteiger partial charge in [-0.15, -0.1) is 5.10 Å². The summed E-state index contributed by atoms with van der Waals surface area (Å²) in [6.07, 6.45) is 2.69. The molecule has 0 amide bonds. The van der Waals surface area contributed by atoms with Gasteiger partial charge >= 0.3 is 11.7 Å². The second kappa shape index (κ2) is 10.7. The molecule has 1 aromatic heterocycles. The first-order valence-electron chi connectivity index (χ1n) is 11.0. The molecule has 8 heteroatoms. The Morgan fingerprint density at radius 1 is 1.15 bits per heavy atom. The number of ketones is 1. The quantitative estimate of drug-likeness (QED) is 0.328. The van der Waals surface area contributed by atoms with E-state index in [1.54, 1.807) is 31.2 Å². The van der Waals surface area contributed by atoms with Crippen molar-refractivity contribution in [1.29, 1.82) is 0 Å². The van der Waals surface area contributed by atoms with Gasteiger partial charge in [0.15, 0.2) is 11.6 Å². The number of esters is 1. The number of rotatable bonds is 9. The molecule has 3 rings (SSSR count). The summed E-state index contributed by atoms with van der Waals surface area (Å²) in [5.41, 5.74) is 1.85. The molecule has 0 saturated carbocycles. The average molecular weight is 482 g/mol. The van der Waals surface area contributed by atoms with E-state index in [2.05, 4.69) is 11.2 Å². The Kier molecular flexibility index (Phi) is 7.89. The monoisotopic (exact) mass is 481 g/mol. The molecular formula is C26H28ClN3O4. The second-order valence-electron chi connectivity index (χ2n) is 8.68. The molecule has 2 aromatic carbocycles. The Morgan fingerprint density at radius 3 is 2.50 bits per heavy atom. The fraction of sp³-hybridized carbons (Fsp3) is 0.308. The largest absolute Gasteiger partial charge is 0.463 e. The van der Waals surface area contributed by atoms with Gasteiger partial charge in [-0.3, -0.25) is 4.79 Å². The summed E-state index contributed by atoms with van der Waals surface area (Å²) in [4.78, 5) is 37.9. The van der Waals surface area contributed by atoms with Crippen molar-refractivity contribution >= 4 is 29.6 Å². The average Bonchev–Trinajstić information content (AvgIpc) is 3.07. The lowest BCUT2D eigenvalue weighted by Crippen LogP contribution is -2.29. The number of hydrogen-bond donors (Lipinski definition) is 0. The van der Waals surface area contributed by atoms with Crippen molar-refractivity contribution < 1.29 is 14.3 Å². The summed E-state index contributed by atoms with van der Waals surface area (Å²) in [5, 5.41) is 4.93. The first-order valence-corrected chi connectivity index (χ1v) is 11.4. The van der Waals surface area contributed by atoms with Crippen LogP contribution in [0.1, 0.15) is 38.3 Å². The van der Waals surface area contributed by atoms with Crippen molar-refractivity contribution in [3.63, 3.8) is 0 Å². The molecule has 0 aliphatic rings. The molecule has 0 N–H and O–H groups in total. The number of halogens is 1. The SMILES string of the molecule is CCOC(=O)/C=C\n1c(-c2ccc(Cl)cc2)nn(CC(=O)CC(C)(C)c2cccc(C)c2)c1=O. The van der Waals surface area contributed by atoms with Gasteiger partial charge in [-0.2, -0.15) is 0 Å². The maximum atomic E-state index is 13.1. The van der Waals surface area contributed by atoms with E-state index in [9.17, 15) is 14.4 Å². The van der Waals surface area contributed by atoms with Crippen LogP contribution in [-0.2, 0) is 26.3 Å². The first kappa shape index (κ1) is 25.2. The van der Waals surface area contributed by atoms with E-state index in [0.29, 0.717) is 10.6 Å². The number of aromatic nitrogens is 3. The summed E-state index contributed by atoms with van der Waals surface area (Å²) < 4.78 is 7.24. The minimum atomic E-state index is -0.583. The van der Waals surface area contributed by atoms with Crippen molar-refractivity contribution in [2.75, 3.05) is 6.61 Å². The summed E-state index contributed by atoms with van der Waals surface area (Å²) in [6.45, 7) is 7.74. The van der Waals surface area contributed by atoms with E-state index in [-0.39, 0.29) is 31.2 Å². The predicted octanol–water partition coefficient (Wildman–Crippen LogP) is 4.64. The lowest BCUT2D eigenvalue weighted by atomic mass is 9.79. The zero-order valence-corrected chi connectivity index (χ0v) is 20.5. The molecule has 0 spiro atoms. The minimum absolute atomic E-state index is 0.129. The van der Waals surface area contributed by atoms with E-state index in [1.807, 2.05) is 39.0 Å². The maximum Gasteiger partial charge on any atom is 0.350 e. The van der Waals surface area contributed by atoms with Crippen LogP contribution >= 0.6 is 11.6 Å². The smallest absolute Gasteiger partial charge is 0.350 e. The molecule has 0 saturated heterocycles. The van der Waals surface area contributed by atoms with Crippen molar-refractivity contribution in [3.8, 4) is 11.4 Å². The summed E-state index contributed by atoms with van der Waals surface area (Å²) in [5.74, 6) is -0.427. The third-order valence-corrected chi connectivity index (χ3v) is 5.64. The highest BCUT2D eigenvalue weighted by Gasteiger charge is 2.25. The van der Waals surface area contributed by atoms with Gasteiger partial charge in [0, 0.05) is 29.3 Å². The van der Waals surface area contributed by atoms with Crippen molar-refractivity contribution in [2.24, 2.45) is 0 Å². The normalized spacial score (nSPS) is 11.7. The zero-order valence-electron chi connectivity index (χ0n) is 19.7. The van der Waals surface area contributed by atoms with Gasteiger partial charge in [-0.05, 0) is 49.1 Å². The van der Waals surface area contributed by atoms with Crippen LogP contribution in [0.25, 0.3) is 17.6 Å². The summed E-state index contributed by atoms with van der Waals surface area (Å²) >= 11 is 5.99. The third-order valence-electron chi connectivity index (χ3n) is 5.38. The van der Waals surface area contributed by atoms with Gasteiger partial charge in [0.1, 0.15) is 6.54 Å². The Hall–Kier alpha value is -3.45. The Morgan fingerprint density at radius 2 is 1.85 bits per heavy atom. The molecule has 0 radical (unpaired) electrons. The molecule has 0 aliphatic carbocycles. The standard InChI is InChI=1S/C26H28ClN3O4/c1-5-34-23(32)13-14-29-24(19-9-11-21(27)12-10-19)28-30(25(29)33)17-22(31)16-26(3,4)20-8-6-7-18(2)15-20/h6-15H,5,16-17H2,1-4H3/b14-13-. The molecule has 0 bridgehead atoms. The van der Waals surface area contributed by atoms with Crippen LogP contribution in [-0.4, -0.2) is 32.7 Å². The lowest BCUT2D eigenvalue weighted by molar-refractivity contribution is -0.137. The van der Waals surface area contributed by atoms with Crippen LogP contribution in [0.4, 0.5) is 0 Å². The molecule has 1 heterocycles. The molecule has 0 unspecified atom stereocenters. The van der Waals surface area contributed by atoms with Crippen molar-refractivity contribution in [2.45, 2.75) is 46.1 Å². The summed E-state index contributed by atoms with van der Waals surface area (Å²) in [7, 11) is 0. The number of hydrogen-bond acceptors (Lipinski definition) is 5. The molecule has 178 valence electrons. The van der Waals surface area contributed by atoms with E-state index in [1.165, 1.54) is 10.8 Å². The minimum Gasteiger partial charge on any atom is -0.463 e. The lowest BCUT2D eigenvalue weighted by Gasteiger charge is -2.24. The van der Waals surface area contributed by atoms with Crippen LogP contribution in [0.2, 0.25) is 5.02 Å². The van der Waals surface area contributed by atoms with Crippen LogP contribution in [0, 0.1) is 6.92 Å². The van der Waals surface area contributed by atoms with Crippen LogP contribution in [0.3, 0.4) is 0 Å². The van der Waals surface area contributed by atoms with Gasteiger partial charge < -0.3 is 4.74 Å². The number of carbonyl (C=O) groups is 2. The molecule has 3 aromatic rings. The number of carbonyl (C=O) groups excluding carboxylic acids is 2. The van der Waals surface area contributed by atoms with Crippen molar-refractivity contribution in [3.05, 3.63) is 81.2 Å². The van der Waals surface area contributed by atoms with Crippen LogP contribution < -0.4 is 5.69 Å². The molecule has 0 aliphatic heterocycles. The highest BCUT2D eigenvalue weighted by atomic mass is 35.5.